The summed E-state index contributed by atoms with van der Waals surface area (Å²) in [6.07, 6.45) is 6.10. The molecule has 25 heavy (non-hydrogen) atoms. The van der Waals surface area contributed by atoms with Gasteiger partial charge in [-0.3, -0.25) is 4.79 Å². The maximum Gasteiger partial charge on any atom is 0.331 e. The molecule has 0 spiro atoms. The van der Waals surface area contributed by atoms with Crippen molar-refractivity contribution in [1.29, 1.82) is 0 Å². The number of ether oxygens (including phenoxy) is 2. The molecule has 1 fully saturated rings. The van der Waals surface area contributed by atoms with Crippen LogP contribution < -0.4 is 10.1 Å². The lowest BCUT2D eigenvalue weighted by atomic mass is 10.2. The summed E-state index contributed by atoms with van der Waals surface area (Å²) in [7, 11) is 1.44. The first-order chi connectivity index (χ1) is 11.9. The third-order valence-corrected chi connectivity index (χ3v) is 4.65. The quantitative estimate of drug-likeness (QED) is 0.554. The van der Waals surface area contributed by atoms with Crippen LogP contribution in [0.25, 0.3) is 6.08 Å². The van der Waals surface area contributed by atoms with Crippen molar-refractivity contribution in [1.82, 2.24) is 5.32 Å². The van der Waals surface area contributed by atoms with Crippen molar-refractivity contribution in [3.05, 3.63) is 28.2 Å². The summed E-state index contributed by atoms with van der Waals surface area (Å²) in [6.45, 7) is 1.55. The van der Waals surface area contributed by atoms with E-state index in [1.807, 2.05) is 0 Å². The van der Waals surface area contributed by atoms with Crippen molar-refractivity contribution in [2.24, 2.45) is 0 Å². The zero-order valence-corrected chi connectivity index (χ0v) is 15.8. The molecule has 1 aliphatic carbocycles. The van der Waals surface area contributed by atoms with Crippen LogP contribution in [0.2, 0.25) is 0 Å². The van der Waals surface area contributed by atoms with Gasteiger partial charge in [-0.05, 0) is 59.5 Å². The van der Waals surface area contributed by atoms with Crippen molar-refractivity contribution in [2.45, 2.75) is 44.8 Å². The molecule has 0 saturated heterocycles. The van der Waals surface area contributed by atoms with E-state index in [4.69, 9.17) is 9.47 Å². The predicted molar refractivity (Wildman–Crippen MR) is 97.3 cm³/mol. The lowest BCUT2D eigenvalue weighted by molar-refractivity contribution is -0.150. The van der Waals surface area contributed by atoms with Gasteiger partial charge in [-0.25, -0.2) is 4.79 Å². The van der Waals surface area contributed by atoms with Gasteiger partial charge >= 0.3 is 5.97 Å². The number of hydrogen-bond donors (Lipinski definition) is 2. The first-order valence-electron chi connectivity index (χ1n) is 8.16. The molecule has 0 unspecified atom stereocenters. The Balaban J connectivity index is 1.91. The van der Waals surface area contributed by atoms with Gasteiger partial charge in [0.05, 0.1) is 11.6 Å². The average molecular weight is 412 g/mol. The summed E-state index contributed by atoms with van der Waals surface area (Å²) in [4.78, 5) is 23.9. The number of benzene rings is 1. The average Bonchev–Trinajstić information content (AvgIpc) is 3.08. The van der Waals surface area contributed by atoms with Gasteiger partial charge in [-0.1, -0.05) is 12.8 Å². The topological polar surface area (TPSA) is 84.9 Å². The highest BCUT2D eigenvalue weighted by atomic mass is 79.9. The Kier molecular flexibility index (Phi) is 6.87. The van der Waals surface area contributed by atoms with E-state index in [9.17, 15) is 14.7 Å². The van der Waals surface area contributed by atoms with E-state index < -0.39 is 12.1 Å². The highest BCUT2D eigenvalue weighted by molar-refractivity contribution is 9.10. The van der Waals surface area contributed by atoms with Crippen LogP contribution in [0.5, 0.6) is 11.5 Å². The Morgan fingerprint density at radius 2 is 2.04 bits per heavy atom. The van der Waals surface area contributed by atoms with Crippen LogP contribution in [0, 0.1) is 0 Å². The van der Waals surface area contributed by atoms with Gasteiger partial charge in [0.15, 0.2) is 17.6 Å². The minimum Gasteiger partial charge on any atom is -0.503 e. The van der Waals surface area contributed by atoms with Crippen LogP contribution >= 0.6 is 15.9 Å². The van der Waals surface area contributed by atoms with Crippen LogP contribution in [-0.2, 0) is 14.3 Å². The van der Waals surface area contributed by atoms with E-state index in [1.165, 1.54) is 19.3 Å². The second-order valence-corrected chi connectivity index (χ2v) is 6.81. The number of phenolic OH excluding ortho intramolecular Hbond substituents is 1. The van der Waals surface area contributed by atoms with Crippen LogP contribution in [0.4, 0.5) is 0 Å². The maximum atomic E-state index is 12.0. The molecule has 0 aromatic heterocycles. The predicted octanol–water partition coefficient (Wildman–Crippen LogP) is 3.17. The fraction of sp³-hybridized carbons (Fsp3) is 0.444. The van der Waals surface area contributed by atoms with E-state index >= 15 is 0 Å². The van der Waals surface area contributed by atoms with Crippen molar-refractivity contribution >= 4 is 33.9 Å². The summed E-state index contributed by atoms with van der Waals surface area (Å²) in [5.41, 5.74) is 0.640. The van der Waals surface area contributed by atoms with Gasteiger partial charge in [0.25, 0.3) is 5.91 Å². The third-order valence-electron chi connectivity index (χ3n) is 4.05. The van der Waals surface area contributed by atoms with Gasteiger partial charge in [0.1, 0.15) is 0 Å². The fourth-order valence-electron chi connectivity index (χ4n) is 2.67. The summed E-state index contributed by atoms with van der Waals surface area (Å²) in [5, 5.41) is 12.7. The highest BCUT2D eigenvalue weighted by Crippen LogP contribution is 2.35. The molecule has 136 valence electrons. The molecule has 1 saturated carbocycles. The number of amides is 1. The van der Waals surface area contributed by atoms with Crippen molar-refractivity contribution in [3.63, 3.8) is 0 Å². The number of methoxy groups -OCH3 is 1. The summed E-state index contributed by atoms with van der Waals surface area (Å²) < 4.78 is 10.6. The highest BCUT2D eigenvalue weighted by Gasteiger charge is 2.22. The van der Waals surface area contributed by atoms with Crippen LogP contribution in [0.1, 0.15) is 38.2 Å². The van der Waals surface area contributed by atoms with Crippen LogP contribution in [0.3, 0.4) is 0 Å². The molecule has 2 N–H and O–H groups in total. The Labute approximate surface area is 155 Å². The molecule has 1 aromatic carbocycles. The molecule has 0 bridgehead atoms. The number of esters is 1. The first kappa shape index (κ1) is 19.3. The number of phenols is 1. The van der Waals surface area contributed by atoms with Gasteiger partial charge in [-0.15, -0.1) is 0 Å². The Hall–Kier alpha value is -2.02. The van der Waals surface area contributed by atoms with Crippen molar-refractivity contribution in [3.8, 4) is 11.5 Å². The minimum atomic E-state index is -0.848. The lowest BCUT2D eigenvalue weighted by Crippen LogP contribution is -2.40. The molecule has 0 aliphatic heterocycles. The monoisotopic (exact) mass is 411 g/mol. The summed E-state index contributed by atoms with van der Waals surface area (Å²) in [6, 6.07) is 3.41. The number of carbonyl (C=O) groups excluding carboxylic acids is 2. The van der Waals surface area contributed by atoms with E-state index in [-0.39, 0.29) is 23.4 Å². The Morgan fingerprint density at radius 1 is 1.36 bits per heavy atom. The molecule has 7 heteroatoms. The van der Waals surface area contributed by atoms with Gasteiger partial charge in [0.2, 0.25) is 0 Å². The van der Waals surface area contributed by atoms with E-state index in [0.29, 0.717) is 10.0 Å². The minimum absolute atomic E-state index is 0.0144. The SMILES string of the molecule is COc1cc(/C=C/C(=O)O[C@@H](C)C(=O)NC2CCCC2)cc(Br)c1O. The Bertz CT molecular complexity index is 668. The standard InChI is InChI=1S/C18H22BrNO5/c1-11(18(23)20-13-5-3-4-6-13)25-16(21)8-7-12-9-14(19)17(22)15(10-12)24-2/h7-11,13,22H,3-6H2,1-2H3,(H,20,23)/b8-7+/t11-/m0/s1. The zero-order chi connectivity index (χ0) is 18.4. The number of aromatic hydroxyl groups is 1. The van der Waals surface area contributed by atoms with Crippen molar-refractivity contribution < 1.29 is 24.2 Å². The maximum absolute atomic E-state index is 12.0. The number of rotatable bonds is 6. The van der Waals surface area contributed by atoms with E-state index in [1.54, 1.807) is 19.1 Å². The van der Waals surface area contributed by atoms with E-state index in [2.05, 4.69) is 21.2 Å². The summed E-state index contributed by atoms with van der Waals surface area (Å²) >= 11 is 3.21. The van der Waals surface area contributed by atoms with Crippen LogP contribution in [0.15, 0.2) is 22.7 Å². The molecule has 2 rings (SSSR count). The molecule has 1 aromatic rings. The number of halogens is 1. The first-order valence-corrected chi connectivity index (χ1v) is 8.95. The van der Waals surface area contributed by atoms with E-state index in [0.717, 1.165) is 25.7 Å². The molecular formula is C18H22BrNO5. The number of hydrogen-bond acceptors (Lipinski definition) is 5. The molecular weight excluding hydrogens is 390 g/mol. The molecule has 1 atom stereocenters. The number of nitrogens with one attached hydrogen (secondary N) is 1. The molecule has 6 nitrogen and oxygen atoms in total. The molecule has 1 aliphatic rings. The smallest absolute Gasteiger partial charge is 0.331 e. The second-order valence-electron chi connectivity index (χ2n) is 5.96. The third kappa shape index (κ3) is 5.49. The van der Waals surface area contributed by atoms with Gasteiger partial charge in [-0.2, -0.15) is 0 Å². The number of carbonyl (C=O) groups is 2. The largest absolute Gasteiger partial charge is 0.503 e. The lowest BCUT2D eigenvalue weighted by Gasteiger charge is -2.16. The molecule has 0 heterocycles. The second kappa shape index (κ2) is 8.89. The fourth-order valence-corrected chi connectivity index (χ4v) is 3.13. The van der Waals surface area contributed by atoms with Crippen LogP contribution in [-0.4, -0.2) is 36.2 Å². The molecule has 1 amide bonds. The normalized spacial score (nSPS) is 16.0. The zero-order valence-electron chi connectivity index (χ0n) is 14.3. The summed E-state index contributed by atoms with van der Waals surface area (Å²) in [5.74, 6) is -0.619. The van der Waals surface area contributed by atoms with Gasteiger partial charge < -0.3 is 19.9 Å². The van der Waals surface area contributed by atoms with Gasteiger partial charge in [0, 0.05) is 12.1 Å². The Morgan fingerprint density at radius 3 is 2.68 bits per heavy atom. The van der Waals surface area contributed by atoms with Crippen molar-refractivity contribution in [2.75, 3.05) is 7.11 Å². The molecule has 0 radical (unpaired) electrons.